The van der Waals surface area contributed by atoms with Crippen LogP contribution in [0.5, 0.6) is 5.75 Å². The van der Waals surface area contributed by atoms with E-state index in [4.69, 9.17) is 26.8 Å². The van der Waals surface area contributed by atoms with Gasteiger partial charge in [0.2, 0.25) is 4.77 Å². The number of nitrogens with zero attached hydrogens (tertiary/aromatic N) is 3. The van der Waals surface area contributed by atoms with E-state index in [9.17, 15) is 4.79 Å². The third kappa shape index (κ3) is 4.94. The van der Waals surface area contributed by atoms with Crippen molar-refractivity contribution in [3.8, 4) is 17.1 Å². The van der Waals surface area contributed by atoms with E-state index in [1.165, 1.54) is 4.90 Å². The molecule has 0 unspecified atom stereocenters. The molecule has 0 amide bonds. The Hall–Kier alpha value is -2.45. The number of quaternary nitrogens is 1. The highest BCUT2D eigenvalue weighted by Gasteiger charge is 2.29. The lowest BCUT2D eigenvalue weighted by atomic mass is 9.97. The van der Waals surface area contributed by atoms with Gasteiger partial charge in [0.15, 0.2) is 12.5 Å². The summed E-state index contributed by atoms with van der Waals surface area (Å²) in [6, 6.07) is 7.80. The first-order valence-electron chi connectivity index (χ1n) is 10.0. The Bertz CT molecular complexity index is 896. The summed E-state index contributed by atoms with van der Waals surface area (Å²) >= 11 is 5.70. The van der Waals surface area contributed by atoms with E-state index >= 15 is 0 Å². The van der Waals surface area contributed by atoms with Crippen LogP contribution < -0.4 is 9.64 Å². The van der Waals surface area contributed by atoms with Crippen LogP contribution in [0.3, 0.4) is 0 Å². The van der Waals surface area contributed by atoms with Crippen molar-refractivity contribution in [1.82, 2.24) is 14.3 Å². The first-order valence-corrected chi connectivity index (χ1v) is 10.4. The molecule has 7 nitrogen and oxygen atoms in total. The normalized spacial score (nSPS) is 19.0. The molecule has 2 aromatic rings. The van der Waals surface area contributed by atoms with Crippen molar-refractivity contribution in [2.24, 2.45) is 5.92 Å². The van der Waals surface area contributed by atoms with Crippen molar-refractivity contribution in [2.75, 3.05) is 26.8 Å². The Morgan fingerprint density at radius 2 is 2.03 bits per heavy atom. The molecule has 3 rings (SSSR count). The van der Waals surface area contributed by atoms with Crippen LogP contribution in [0.25, 0.3) is 11.4 Å². The van der Waals surface area contributed by atoms with Gasteiger partial charge in [-0.05, 0) is 43.4 Å². The second-order valence-corrected chi connectivity index (χ2v) is 7.53. The standard InChI is InChI=1S/C21H28N4O3S/c1-4-12-24-19(16-6-8-18(27-3)9-7-16)22-25(21(24)29)15-23-13-10-17(11-14-23)20(26)28-5-2/h4,6-9,17H,1,5,10-15H2,2-3H3/p+1. The quantitative estimate of drug-likeness (QED) is 0.405. The van der Waals surface area contributed by atoms with Gasteiger partial charge in [-0.15, -0.1) is 11.7 Å². The third-order valence-corrected chi connectivity index (χ3v) is 5.70. The number of carbonyl (C=O) groups excluding carboxylic acids is 1. The number of carbonyl (C=O) groups is 1. The fourth-order valence-electron chi connectivity index (χ4n) is 3.68. The summed E-state index contributed by atoms with van der Waals surface area (Å²) in [7, 11) is 1.65. The van der Waals surface area contributed by atoms with Crippen LogP contribution in [0, 0.1) is 10.7 Å². The first kappa shape index (κ1) is 21.3. The Kier molecular flexibility index (Phi) is 7.22. The van der Waals surface area contributed by atoms with E-state index in [0.29, 0.717) is 24.6 Å². The number of allylic oxidation sites excluding steroid dienone is 1. The Morgan fingerprint density at radius 1 is 1.34 bits per heavy atom. The van der Waals surface area contributed by atoms with Gasteiger partial charge >= 0.3 is 5.97 Å². The Balaban J connectivity index is 1.76. The van der Waals surface area contributed by atoms with Gasteiger partial charge in [-0.1, -0.05) is 6.08 Å². The van der Waals surface area contributed by atoms with Crippen molar-refractivity contribution in [3.05, 3.63) is 41.7 Å². The highest BCUT2D eigenvalue weighted by Crippen LogP contribution is 2.22. The molecule has 156 valence electrons. The molecule has 0 spiro atoms. The SMILES string of the molecule is C=CCn1c(-c2ccc(OC)cc2)nn(C[NH+]2CCC(C(=O)OCC)CC2)c1=S. The summed E-state index contributed by atoms with van der Waals surface area (Å²) in [5.74, 6) is 1.56. The number of ether oxygens (including phenoxy) is 2. The van der Waals surface area contributed by atoms with Crippen LogP contribution in [-0.2, 0) is 22.7 Å². The summed E-state index contributed by atoms with van der Waals surface area (Å²) in [5.41, 5.74) is 0.980. The van der Waals surface area contributed by atoms with Gasteiger partial charge in [0, 0.05) is 24.9 Å². The van der Waals surface area contributed by atoms with E-state index in [0.717, 1.165) is 43.1 Å². The zero-order chi connectivity index (χ0) is 20.8. The van der Waals surface area contributed by atoms with Gasteiger partial charge in [-0.25, -0.2) is 0 Å². The summed E-state index contributed by atoms with van der Waals surface area (Å²) in [6.07, 6.45) is 3.49. The number of benzene rings is 1. The van der Waals surface area contributed by atoms with Gasteiger partial charge < -0.3 is 14.4 Å². The lowest BCUT2D eigenvalue weighted by Gasteiger charge is -2.27. The molecule has 1 aliphatic heterocycles. The predicted octanol–water partition coefficient (Wildman–Crippen LogP) is 2.09. The monoisotopic (exact) mass is 417 g/mol. The minimum absolute atomic E-state index is 0.0138. The smallest absolute Gasteiger partial charge is 0.309 e. The molecule has 1 aromatic heterocycles. The molecule has 8 heteroatoms. The van der Waals surface area contributed by atoms with Crippen LogP contribution in [0.4, 0.5) is 0 Å². The number of likely N-dealkylation sites (tertiary alicyclic amines) is 1. The number of hydrogen-bond donors (Lipinski definition) is 1. The van der Waals surface area contributed by atoms with E-state index in [2.05, 4.69) is 6.58 Å². The maximum atomic E-state index is 12.0. The minimum atomic E-state index is -0.0692. The molecule has 1 aromatic carbocycles. The second-order valence-electron chi connectivity index (χ2n) is 7.17. The van der Waals surface area contributed by atoms with Crippen molar-refractivity contribution in [3.63, 3.8) is 0 Å². The number of esters is 1. The molecule has 0 radical (unpaired) electrons. The van der Waals surface area contributed by atoms with Crippen LogP contribution in [-0.4, -0.2) is 47.1 Å². The van der Waals surface area contributed by atoms with Crippen LogP contribution in [0.1, 0.15) is 19.8 Å². The molecule has 0 atom stereocenters. The topological polar surface area (TPSA) is 62.7 Å². The van der Waals surface area contributed by atoms with E-state index in [1.807, 2.05) is 46.5 Å². The van der Waals surface area contributed by atoms with Crippen molar-refractivity contribution >= 4 is 18.2 Å². The highest BCUT2D eigenvalue weighted by atomic mass is 32.1. The molecule has 1 saturated heterocycles. The number of nitrogens with one attached hydrogen (secondary N) is 1. The molecule has 0 saturated carbocycles. The first-order chi connectivity index (χ1) is 14.1. The number of rotatable bonds is 8. The van der Waals surface area contributed by atoms with Crippen LogP contribution >= 0.6 is 12.2 Å². The maximum absolute atomic E-state index is 12.0. The van der Waals surface area contributed by atoms with E-state index in [1.54, 1.807) is 7.11 Å². The van der Waals surface area contributed by atoms with Gasteiger partial charge in [-0.3, -0.25) is 9.36 Å². The highest BCUT2D eigenvalue weighted by molar-refractivity contribution is 7.71. The molecule has 0 aliphatic carbocycles. The Labute approximate surface area is 176 Å². The zero-order valence-corrected chi connectivity index (χ0v) is 17.9. The van der Waals surface area contributed by atoms with Gasteiger partial charge in [0.05, 0.1) is 32.7 Å². The number of hydrogen-bond acceptors (Lipinski definition) is 5. The van der Waals surface area contributed by atoms with Crippen molar-refractivity contribution in [2.45, 2.75) is 33.0 Å². The molecule has 0 bridgehead atoms. The van der Waals surface area contributed by atoms with Gasteiger partial charge in [-0.2, -0.15) is 4.68 Å². The van der Waals surface area contributed by atoms with Crippen LogP contribution in [0.2, 0.25) is 0 Å². The molecule has 29 heavy (non-hydrogen) atoms. The van der Waals surface area contributed by atoms with Gasteiger partial charge in [0.1, 0.15) is 5.75 Å². The summed E-state index contributed by atoms with van der Waals surface area (Å²) in [4.78, 5) is 13.3. The third-order valence-electron chi connectivity index (χ3n) is 5.27. The average Bonchev–Trinajstić information content (AvgIpc) is 3.04. The summed E-state index contributed by atoms with van der Waals surface area (Å²) < 4.78 is 15.0. The van der Waals surface area contributed by atoms with Crippen LogP contribution in [0.15, 0.2) is 36.9 Å². The lowest BCUT2D eigenvalue weighted by Crippen LogP contribution is -3.12. The summed E-state index contributed by atoms with van der Waals surface area (Å²) in [6.45, 7) is 9.22. The molecule has 1 fully saturated rings. The average molecular weight is 418 g/mol. The Morgan fingerprint density at radius 3 is 2.62 bits per heavy atom. The number of aromatic nitrogens is 3. The fourth-order valence-corrected chi connectivity index (χ4v) is 3.95. The minimum Gasteiger partial charge on any atom is -0.497 e. The maximum Gasteiger partial charge on any atom is 0.309 e. The zero-order valence-electron chi connectivity index (χ0n) is 17.1. The van der Waals surface area contributed by atoms with E-state index < -0.39 is 0 Å². The van der Waals surface area contributed by atoms with Crippen molar-refractivity contribution < 1.29 is 19.2 Å². The molecular formula is C21H29N4O3S+. The van der Waals surface area contributed by atoms with Crippen molar-refractivity contribution in [1.29, 1.82) is 0 Å². The molecular weight excluding hydrogens is 388 g/mol. The fraction of sp³-hybridized carbons (Fsp3) is 0.476. The predicted molar refractivity (Wildman–Crippen MR) is 113 cm³/mol. The van der Waals surface area contributed by atoms with Gasteiger partial charge in [0.25, 0.3) is 0 Å². The lowest BCUT2D eigenvalue weighted by molar-refractivity contribution is -0.929. The molecule has 2 heterocycles. The molecule has 1 aliphatic rings. The summed E-state index contributed by atoms with van der Waals surface area (Å²) in [5, 5.41) is 4.81. The molecule has 1 N–H and O–H groups in total. The largest absolute Gasteiger partial charge is 0.497 e. The van der Waals surface area contributed by atoms with E-state index in [-0.39, 0.29) is 11.9 Å². The number of piperidine rings is 1. The second kappa shape index (κ2) is 9.84. The number of methoxy groups -OCH3 is 1.